The minimum atomic E-state index is -3.49. The summed E-state index contributed by atoms with van der Waals surface area (Å²) in [6.07, 6.45) is 3.02. The molecule has 3 aromatic rings. The Kier molecular flexibility index (Phi) is 8.79. The molecule has 1 amide bonds. The summed E-state index contributed by atoms with van der Waals surface area (Å²) in [4.78, 5) is 25.2. The zero-order chi connectivity index (χ0) is 24.6. The summed E-state index contributed by atoms with van der Waals surface area (Å²) in [7, 11) is -3.49. The second kappa shape index (κ2) is 11.8. The number of nitrogens with one attached hydrogen (secondary N) is 2. The van der Waals surface area contributed by atoms with E-state index in [-0.39, 0.29) is 12.3 Å². The van der Waals surface area contributed by atoms with E-state index in [2.05, 4.69) is 34.3 Å². The van der Waals surface area contributed by atoms with Crippen molar-refractivity contribution in [2.45, 2.75) is 38.8 Å². The molecule has 3 aromatic carbocycles. The highest BCUT2D eigenvalue weighted by molar-refractivity contribution is 7.88. The summed E-state index contributed by atoms with van der Waals surface area (Å²) in [5.74, 6) is -0.141. The van der Waals surface area contributed by atoms with Crippen LogP contribution in [0, 0.1) is 0 Å². The molecule has 0 radical (unpaired) electrons. The van der Waals surface area contributed by atoms with Crippen LogP contribution in [0.4, 0.5) is 0 Å². The minimum Gasteiger partial charge on any atom is -0.489 e. The highest BCUT2D eigenvalue weighted by Gasteiger charge is 2.21. The normalized spacial score (nSPS) is 12.3. The minimum absolute atomic E-state index is 0.352. The van der Waals surface area contributed by atoms with Gasteiger partial charge in [-0.1, -0.05) is 56.2 Å². The average molecular weight is 483 g/mol. The van der Waals surface area contributed by atoms with Gasteiger partial charge in [0.1, 0.15) is 12.4 Å². The molecule has 1 atom stereocenters. The van der Waals surface area contributed by atoms with Crippen molar-refractivity contribution in [1.29, 1.82) is 0 Å². The van der Waals surface area contributed by atoms with E-state index in [0.717, 1.165) is 30.0 Å². The summed E-state index contributed by atoms with van der Waals surface area (Å²) in [6, 6.07) is 20.2. The third-order valence-electron chi connectivity index (χ3n) is 5.38. The molecule has 0 heterocycles. The predicted molar refractivity (Wildman–Crippen MR) is 133 cm³/mol. The number of rotatable bonds is 12. The van der Waals surface area contributed by atoms with Crippen LogP contribution in [0.1, 0.15) is 42.1 Å². The lowest BCUT2D eigenvalue weighted by Crippen LogP contribution is -2.45. The van der Waals surface area contributed by atoms with Crippen LogP contribution in [0.3, 0.4) is 0 Å². The molecule has 0 saturated carbocycles. The Bertz CT molecular complexity index is 1240. The molecule has 34 heavy (non-hydrogen) atoms. The van der Waals surface area contributed by atoms with E-state index in [9.17, 15) is 18.0 Å². The van der Waals surface area contributed by atoms with Crippen molar-refractivity contribution < 1.29 is 22.7 Å². The molecule has 0 aliphatic heterocycles. The maximum Gasteiger partial charge on any atom is 0.251 e. The summed E-state index contributed by atoms with van der Waals surface area (Å²) in [5, 5.41) is 5.05. The molecule has 0 saturated heterocycles. The van der Waals surface area contributed by atoms with Crippen molar-refractivity contribution in [3.63, 3.8) is 0 Å². The maximum absolute atomic E-state index is 12.7. The number of ether oxygens (including phenoxy) is 1. The molecular formula is C26H30N2O5S. The maximum atomic E-state index is 12.7. The van der Waals surface area contributed by atoms with Crippen molar-refractivity contribution in [1.82, 2.24) is 10.0 Å². The molecule has 0 fully saturated rings. The molecule has 0 spiro atoms. The first-order valence-electron chi connectivity index (χ1n) is 11.2. The van der Waals surface area contributed by atoms with Gasteiger partial charge in [-0.3, -0.25) is 9.59 Å². The van der Waals surface area contributed by atoms with Crippen LogP contribution in [0.2, 0.25) is 0 Å². The van der Waals surface area contributed by atoms with E-state index < -0.39 is 22.0 Å². The van der Waals surface area contributed by atoms with Gasteiger partial charge in [0.15, 0.2) is 5.78 Å². The van der Waals surface area contributed by atoms with Crippen LogP contribution in [0.15, 0.2) is 66.7 Å². The van der Waals surface area contributed by atoms with Crippen LogP contribution < -0.4 is 14.8 Å². The van der Waals surface area contributed by atoms with Crippen molar-refractivity contribution in [2.75, 3.05) is 12.8 Å². The third-order valence-corrected chi connectivity index (χ3v) is 6.05. The van der Waals surface area contributed by atoms with Gasteiger partial charge in [0.2, 0.25) is 10.0 Å². The van der Waals surface area contributed by atoms with E-state index >= 15 is 0 Å². The molecule has 3 rings (SSSR count). The van der Waals surface area contributed by atoms with Crippen LogP contribution in [-0.2, 0) is 21.4 Å². The van der Waals surface area contributed by atoms with Gasteiger partial charge in [-0.2, -0.15) is 0 Å². The Labute approximate surface area is 200 Å². The van der Waals surface area contributed by atoms with Gasteiger partial charge < -0.3 is 10.1 Å². The summed E-state index contributed by atoms with van der Waals surface area (Å²) >= 11 is 0. The Balaban J connectivity index is 1.58. The topological polar surface area (TPSA) is 102 Å². The van der Waals surface area contributed by atoms with Crippen molar-refractivity contribution in [3.8, 4) is 5.75 Å². The lowest BCUT2D eigenvalue weighted by molar-refractivity contribution is -0.120. The number of hydrogen-bond acceptors (Lipinski definition) is 5. The quantitative estimate of drug-likeness (QED) is 0.409. The molecule has 180 valence electrons. The van der Waals surface area contributed by atoms with Gasteiger partial charge in [-0.25, -0.2) is 13.1 Å². The molecular weight excluding hydrogens is 452 g/mol. The van der Waals surface area contributed by atoms with Crippen LogP contribution >= 0.6 is 0 Å². The number of hydrogen-bond donors (Lipinski definition) is 2. The fourth-order valence-electron chi connectivity index (χ4n) is 3.49. The molecule has 2 N–H and O–H groups in total. The number of benzene rings is 3. The Morgan fingerprint density at radius 2 is 1.68 bits per heavy atom. The lowest BCUT2D eigenvalue weighted by atomic mass is 10.0. The first-order valence-corrected chi connectivity index (χ1v) is 13.1. The van der Waals surface area contributed by atoms with E-state index in [1.165, 1.54) is 5.39 Å². The monoisotopic (exact) mass is 482 g/mol. The molecule has 0 aromatic heterocycles. The number of carbonyl (C=O) groups excluding carboxylic acids is 2. The number of carbonyl (C=O) groups is 2. The summed E-state index contributed by atoms with van der Waals surface area (Å²) in [5.41, 5.74) is 1.43. The zero-order valence-electron chi connectivity index (χ0n) is 19.4. The average Bonchev–Trinajstić information content (AvgIpc) is 2.83. The van der Waals surface area contributed by atoms with Crippen molar-refractivity contribution >= 4 is 32.5 Å². The van der Waals surface area contributed by atoms with Crippen LogP contribution in [0.5, 0.6) is 5.75 Å². The highest BCUT2D eigenvalue weighted by atomic mass is 32.2. The van der Waals surface area contributed by atoms with Crippen molar-refractivity contribution in [3.05, 3.63) is 77.9 Å². The second-order valence-corrected chi connectivity index (χ2v) is 10.1. The summed E-state index contributed by atoms with van der Waals surface area (Å²) < 4.78 is 30.6. The molecule has 0 aliphatic rings. The standard InChI is InChI=1S/C26H30N2O5S/c1-3-4-9-24(25(29)17-27-34(2,31)32)28-26(30)21-12-14-23(15-13-21)33-18-19-10-11-20-7-5-6-8-22(20)16-19/h5-8,10-16,24,27H,3-4,9,17-18H2,1-2H3,(H,28,30). The van der Waals surface area contributed by atoms with E-state index in [4.69, 9.17) is 4.74 Å². The van der Waals surface area contributed by atoms with Gasteiger partial charge >= 0.3 is 0 Å². The number of sulfonamides is 1. The molecule has 0 aliphatic carbocycles. The number of amides is 1. The first-order chi connectivity index (χ1) is 16.2. The largest absolute Gasteiger partial charge is 0.489 e. The second-order valence-electron chi connectivity index (χ2n) is 8.22. The predicted octanol–water partition coefficient (Wildman–Crippen LogP) is 3.83. The Hall–Kier alpha value is -3.23. The van der Waals surface area contributed by atoms with E-state index in [0.29, 0.717) is 24.3 Å². The smallest absolute Gasteiger partial charge is 0.251 e. The molecule has 7 nitrogen and oxygen atoms in total. The number of Topliss-reactive ketones (excluding diaryl/α,β-unsaturated/α-hetero) is 1. The number of unbranched alkanes of at least 4 members (excludes halogenated alkanes) is 1. The Morgan fingerprint density at radius 1 is 0.971 bits per heavy atom. The Morgan fingerprint density at radius 3 is 2.35 bits per heavy atom. The first kappa shape index (κ1) is 25.4. The fourth-order valence-corrected chi connectivity index (χ4v) is 3.89. The lowest BCUT2D eigenvalue weighted by Gasteiger charge is -2.18. The van der Waals surface area contributed by atoms with Gasteiger partial charge in [0.25, 0.3) is 5.91 Å². The third kappa shape index (κ3) is 7.67. The molecule has 8 heteroatoms. The molecule has 1 unspecified atom stereocenters. The van der Waals surface area contributed by atoms with Crippen LogP contribution in [0.25, 0.3) is 10.8 Å². The highest BCUT2D eigenvalue weighted by Crippen LogP contribution is 2.18. The van der Waals surface area contributed by atoms with Gasteiger partial charge in [-0.05, 0) is 53.1 Å². The van der Waals surface area contributed by atoms with E-state index in [1.807, 2.05) is 25.1 Å². The van der Waals surface area contributed by atoms with Crippen molar-refractivity contribution in [2.24, 2.45) is 0 Å². The van der Waals surface area contributed by atoms with Crippen LogP contribution in [-0.4, -0.2) is 39.0 Å². The summed E-state index contributed by atoms with van der Waals surface area (Å²) in [6.45, 7) is 2.03. The molecule has 0 bridgehead atoms. The van der Waals surface area contributed by atoms with Gasteiger partial charge in [-0.15, -0.1) is 0 Å². The fraction of sp³-hybridized carbons (Fsp3) is 0.308. The SMILES string of the molecule is CCCCC(NC(=O)c1ccc(OCc2ccc3ccccc3c2)cc1)C(=O)CNS(C)(=O)=O. The number of fused-ring (bicyclic) bond motifs is 1. The van der Waals surface area contributed by atoms with Gasteiger partial charge in [0.05, 0.1) is 18.8 Å². The van der Waals surface area contributed by atoms with E-state index in [1.54, 1.807) is 24.3 Å². The van der Waals surface area contributed by atoms with Gasteiger partial charge in [0, 0.05) is 5.56 Å². The zero-order valence-corrected chi connectivity index (χ0v) is 20.2. The number of ketones is 1.